The fraction of sp³-hybridized carbons (Fsp3) is 0.0476. The van der Waals surface area contributed by atoms with Crippen molar-refractivity contribution in [2.45, 2.75) is 0 Å². The molecule has 0 bridgehead atoms. The van der Waals surface area contributed by atoms with Gasteiger partial charge < -0.3 is 19.5 Å². The van der Waals surface area contributed by atoms with Gasteiger partial charge in [0, 0.05) is 17.3 Å². The van der Waals surface area contributed by atoms with Crippen molar-refractivity contribution in [3.8, 4) is 17.1 Å². The highest BCUT2D eigenvalue weighted by Gasteiger charge is 2.20. The highest BCUT2D eigenvalue weighted by molar-refractivity contribution is 6.30. The van der Waals surface area contributed by atoms with E-state index in [1.807, 2.05) is 0 Å². The molecule has 0 aliphatic rings. The molecular weight excluding hydrogens is 424 g/mol. The van der Waals surface area contributed by atoms with Crippen LogP contribution in [0.15, 0.2) is 70.2 Å². The Hall–Kier alpha value is -4.11. The first-order valence-electron chi connectivity index (χ1n) is 8.98. The molecule has 0 spiro atoms. The molecule has 31 heavy (non-hydrogen) atoms. The molecule has 0 fully saturated rings. The van der Waals surface area contributed by atoms with Crippen molar-refractivity contribution in [2.75, 3.05) is 12.4 Å². The lowest BCUT2D eigenvalue weighted by atomic mass is 10.2. The second-order valence-electron chi connectivity index (χ2n) is 6.36. The average Bonchev–Trinajstić information content (AvgIpc) is 3.44. The van der Waals surface area contributed by atoms with Crippen LogP contribution in [-0.2, 0) is 4.74 Å². The van der Waals surface area contributed by atoms with Crippen molar-refractivity contribution < 1.29 is 18.7 Å². The van der Waals surface area contributed by atoms with Crippen LogP contribution in [-0.4, -0.2) is 33.8 Å². The summed E-state index contributed by atoms with van der Waals surface area (Å²) in [4.78, 5) is 39.0. The number of furan rings is 1. The van der Waals surface area contributed by atoms with Gasteiger partial charge in [0.1, 0.15) is 11.4 Å². The van der Waals surface area contributed by atoms with Crippen LogP contribution in [0.3, 0.4) is 0 Å². The molecule has 0 aliphatic heterocycles. The van der Waals surface area contributed by atoms with Crippen molar-refractivity contribution in [1.82, 2.24) is 14.8 Å². The number of methoxy groups -OCH3 is 1. The quantitative estimate of drug-likeness (QED) is 0.460. The number of carbonyl (C=O) groups excluding carboxylic acids is 2. The molecule has 3 aromatic heterocycles. The molecule has 2 N–H and O–H groups in total. The number of hydrogen-bond donors (Lipinski definition) is 2. The van der Waals surface area contributed by atoms with Crippen LogP contribution in [0.25, 0.3) is 17.1 Å². The first-order valence-corrected chi connectivity index (χ1v) is 9.36. The fourth-order valence-electron chi connectivity index (χ4n) is 2.90. The lowest BCUT2D eigenvalue weighted by Crippen LogP contribution is -2.21. The van der Waals surface area contributed by atoms with Gasteiger partial charge in [0.15, 0.2) is 11.5 Å². The topological polar surface area (TPSA) is 119 Å². The van der Waals surface area contributed by atoms with Gasteiger partial charge in [-0.25, -0.2) is 9.48 Å². The van der Waals surface area contributed by atoms with Crippen LogP contribution in [0.1, 0.15) is 20.8 Å². The number of amides is 1. The number of nitrogens with zero attached hydrogens (tertiary/aromatic N) is 2. The Morgan fingerprint density at radius 2 is 2.03 bits per heavy atom. The standard InChI is InChI=1S/C21H15ClN4O5/c1-30-21(29)12-8-15(19(27)23-11-12)24-20(28)16-10-17(18-6-3-7-31-18)26(25-16)14-5-2-4-13(22)9-14/h2-11H,1H3,(H,23,27)(H,24,28). The molecule has 156 valence electrons. The van der Waals surface area contributed by atoms with E-state index in [0.29, 0.717) is 22.2 Å². The lowest BCUT2D eigenvalue weighted by Gasteiger charge is -2.06. The third-order valence-corrected chi connectivity index (χ3v) is 4.58. The Morgan fingerprint density at radius 1 is 1.19 bits per heavy atom. The Morgan fingerprint density at radius 3 is 2.74 bits per heavy atom. The number of aromatic amines is 1. The normalized spacial score (nSPS) is 10.6. The minimum absolute atomic E-state index is 0.0225. The fourth-order valence-corrected chi connectivity index (χ4v) is 3.08. The van der Waals surface area contributed by atoms with Crippen LogP contribution in [0, 0.1) is 0 Å². The summed E-state index contributed by atoms with van der Waals surface area (Å²) in [5, 5.41) is 7.33. The Bertz CT molecular complexity index is 1320. The third kappa shape index (κ3) is 4.12. The van der Waals surface area contributed by atoms with Gasteiger partial charge in [-0.15, -0.1) is 0 Å². The smallest absolute Gasteiger partial charge is 0.339 e. The number of aromatic nitrogens is 3. The van der Waals surface area contributed by atoms with E-state index in [1.165, 1.54) is 36.4 Å². The van der Waals surface area contributed by atoms with E-state index >= 15 is 0 Å². The largest absolute Gasteiger partial charge is 0.465 e. The van der Waals surface area contributed by atoms with E-state index in [2.05, 4.69) is 20.1 Å². The average molecular weight is 439 g/mol. The second kappa shape index (κ2) is 8.33. The van der Waals surface area contributed by atoms with Crippen LogP contribution in [0.4, 0.5) is 5.69 Å². The zero-order valence-corrected chi connectivity index (χ0v) is 16.8. The number of ether oxygens (including phenoxy) is 1. The number of H-pyrrole nitrogens is 1. The Labute approximate surface area is 180 Å². The summed E-state index contributed by atoms with van der Waals surface area (Å²) in [7, 11) is 1.21. The highest BCUT2D eigenvalue weighted by Crippen LogP contribution is 2.26. The predicted molar refractivity (Wildman–Crippen MR) is 113 cm³/mol. The SMILES string of the molecule is COC(=O)c1c[nH]c(=O)c(NC(=O)c2cc(-c3ccco3)n(-c3cccc(Cl)c3)n2)c1. The molecule has 3 heterocycles. The van der Waals surface area contributed by atoms with Gasteiger partial charge in [-0.3, -0.25) is 9.59 Å². The number of nitrogens with one attached hydrogen (secondary N) is 2. The van der Waals surface area contributed by atoms with E-state index < -0.39 is 17.4 Å². The molecule has 10 heteroatoms. The molecule has 0 atom stereocenters. The number of anilines is 1. The number of pyridine rings is 1. The summed E-state index contributed by atoms with van der Waals surface area (Å²) in [6, 6.07) is 13.1. The zero-order chi connectivity index (χ0) is 22.0. The van der Waals surface area contributed by atoms with Gasteiger partial charge in [0.25, 0.3) is 11.5 Å². The van der Waals surface area contributed by atoms with Gasteiger partial charge in [0.05, 0.1) is 24.6 Å². The van der Waals surface area contributed by atoms with Crippen molar-refractivity contribution in [3.05, 3.63) is 87.6 Å². The molecule has 4 rings (SSSR count). The summed E-state index contributed by atoms with van der Waals surface area (Å²) >= 11 is 6.10. The molecule has 0 saturated heterocycles. The summed E-state index contributed by atoms with van der Waals surface area (Å²) in [6.07, 6.45) is 2.70. The number of halogens is 1. The second-order valence-corrected chi connectivity index (χ2v) is 6.80. The first-order chi connectivity index (χ1) is 15.0. The third-order valence-electron chi connectivity index (χ3n) is 4.34. The summed E-state index contributed by atoms with van der Waals surface area (Å²) in [5.41, 5.74) is 0.525. The maximum absolute atomic E-state index is 12.8. The van der Waals surface area contributed by atoms with Gasteiger partial charge in [-0.2, -0.15) is 5.10 Å². The molecule has 9 nitrogen and oxygen atoms in total. The monoisotopic (exact) mass is 438 g/mol. The zero-order valence-electron chi connectivity index (χ0n) is 16.1. The molecule has 1 amide bonds. The van der Waals surface area contributed by atoms with Crippen LogP contribution < -0.4 is 10.9 Å². The molecular formula is C21H15ClN4O5. The number of hydrogen-bond acceptors (Lipinski definition) is 6. The van der Waals surface area contributed by atoms with Gasteiger partial charge in [-0.05, 0) is 36.4 Å². The summed E-state index contributed by atoms with van der Waals surface area (Å²) in [6.45, 7) is 0. The van der Waals surface area contributed by atoms with Gasteiger partial charge in [-0.1, -0.05) is 17.7 Å². The maximum atomic E-state index is 12.8. The molecule has 0 unspecified atom stereocenters. The predicted octanol–water partition coefficient (Wildman–Crippen LogP) is 3.51. The van der Waals surface area contributed by atoms with Crippen LogP contribution in [0.5, 0.6) is 0 Å². The van der Waals surface area contributed by atoms with Crippen molar-refractivity contribution in [2.24, 2.45) is 0 Å². The molecule has 0 saturated carbocycles. The number of rotatable bonds is 5. The van der Waals surface area contributed by atoms with Gasteiger partial charge in [0.2, 0.25) is 0 Å². The summed E-state index contributed by atoms with van der Waals surface area (Å²) < 4.78 is 11.6. The van der Waals surface area contributed by atoms with E-state index in [1.54, 1.807) is 36.4 Å². The molecule has 1 aromatic carbocycles. The Kier molecular flexibility index (Phi) is 5.42. The van der Waals surface area contributed by atoms with E-state index in [0.717, 1.165) is 0 Å². The van der Waals surface area contributed by atoms with Crippen LogP contribution >= 0.6 is 11.6 Å². The number of benzene rings is 1. The van der Waals surface area contributed by atoms with E-state index in [9.17, 15) is 14.4 Å². The van der Waals surface area contributed by atoms with Crippen LogP contribution in [0.2, 0.25) is 5.02 Å². The van der Waals surface area contributed by atoms with E-state index in [-0.39, 0.29) is 16.9 Å². The van der Waals surface area contributed by atoms with E-state index in [4.69, 9.17) is 16.0 Å². The molecule has 4 aromatic rings. The minimum Gasteiger partial charge on any atom is -0.465 e. The van der Waals surface area contributed by atoms with Gasteiger partial charge >= 0.3 is 5.97 Å². The van der Waals surface area contributed by atoms with Crippen molar-refractivity contribution in [3.63, 3.8) is 0 Å². The van der Waals surface area contributed by atoms with Crippen molar-refractivity contribution in [1.29, 1.82) is 0 Å². The number of carbonyl (C=O) groups is 2. The summed E-state index contributed by atoms with van der Waals surface area (Å²) in [5.74, 6) is -0.824. The number of esters is 1. The molecule has 0 radical (unpaired) electrons. The minimum atomic E-state index is -0.655. The lowest BCUT2D eigenvalue weighted by molar-refractivity contribution is 0.0600. The molecule has 0 aliphatic carbocycles. The van der Waals surface area contributed by atoms with Crippen molar-refractivity contribution >= 4 is 29.2 Å². The Balaban J connectivity index is 1.72. The maximum Gasteiger partial charge on any atom is 0.339 e. The highest BCUT2D eigenvalue weighted by atomic mass is 35.5. The first kappa shape index (κ1) is 20.2.